The van der Waals surface area contributed by atoms with E-state index in [0.29, 0.717) is 11.9 Å². The molecule has 0 unspecified atom stereocenters. The molecule has 2 heterocycles. The summed E-state index contributed by atoms with van der Waals surface area (Å²) in [5, 5.41) is 12.2. The van der Waals surface area contributed by atoms with E-state index >= 15 is 0 Å². The maximum absolute atomic E-state index is 8.70. The van der Waals surface area contributed by atoms with Gasteiger partial charge in [0, 0.05) is 12.6 Å². The normalized spacial score (nSPS) is 20.9. The van der Waals surface area contributed by atoms with E-state index in [1.165, 1.54) is 6.42 Å². The van der Waals surface area contributed by atoms with Gasteiger partial charge in [-0.2, -0.15) is 5.26 Å². The smallest absolute Gasteiger partial charge is 0.178 e. The highest BCUT2D eigenvalue weighted by atomic mass is 35.5. The highest BCUT2D eigenvalue weighted by Gasteiger charge is 2.17. The molecule has 0 aliphatic carbocycles. The van der Waals surface area contributed by atoms with E-state index < -0.39 is 0 Å². The number of halogens is 1. The van der Waals surface area contributed by atoms with Crippen LogP contribution in [0.15, 0.2) is 6.20 Å². The van der Waals surface area contributed by atoms with Crippen molar-refractivity contribution in [1.29, 1.82) is 5.26 Å². The number of likely N-dealkylation sites (tertiary alicyclic amines) is 1. The summed E-state index contributed by atoms with van der Waals surface area (Å²) in [7, 11) is 2.10. The Morgan fingerprint density at radius 2 is 2.47 bits per heavy atom. The van der Waals surface area contributed by atoms with Crippen molar-refractivity contribution in [2.45, 2.75) is 18.9 Å². The zero-order chi connectivity index (χ0) is 12.3. The Balaban J connectivity index is 2.04. The molecule has 1 aromatic rings. The first-order valence-electron chi connectivity index (χ1n) is 5.57. The molecule has 90 valence electrons. The second kappa shape index (κ2) is 5.30. The van der Waals surface area contributed by atoms with Crippen LogP contribution in [0.1, 0.15) is 18.5 Å². The molecular formula is C11H14ClN5. The zero-order valence-corrected chi connectivity index (χ0v) is 10.4. The molecule has 2 rings (SSSR count). The summed E-state index contributed by atoms with van der Waals surface area (Å²) in [4.78, 5) is 10.3. The minimum Gasteiger partial charge on any atom is -0.365 e. The third kappa shape index (κ3) is 3.05. The Morgan fingerprint density at radius 1 is 1.65 bits per heavy atom. The zero-order valence-electron chi connectivity index (χ0n) is 9.65. The average Bonchev–Trinajstić information content (AvgIpc) is 2.29. The Morgan fingerprint density at radius 3 is 3.12 bits per heavy atom. The van der Waals surface area contributed by atoms with Crippen LogP contribution >= 0.6 is 11.6 Å². The van der Waals surface area contributed by atoms with Crippen molar-refractivity contribution in [2.24, 2.45) is 0 Å². The summed E-state index contributed by atoms with van der Waals surface area (Å²) in [5.74, 6) is 0.634. The lowest BCUT2D eigenvalue weighted by Gasteiger charge is -2.30. The van der Waals surface area contributed by atoms with Crippen LogP contribution in [0.4, 0.5) is 5.82 Å². The van der Waals surface area contributed by atoms with Crippen LogP contribution in [-0.2, 0) is 0 Å². The Hall–Kier alpha value is -1.38. The first-order valence-corrected chi connectivity index (χ1v) is 5.94. The molecule has 1 saturated heterocycles. The van der Waals surface area contributed by atoms with Crippen LogP contribution in [-0.4, -0.2) is 41.0 Å². The molecule has 1 N–H and O–H groups in total. The van der Waals surface area contributed by atoms with Crippen LogP contribution in [0.2, 0.25) is 5.15 Å². The molecule has 0 saturated carbocycles. The molecule has 0 aromatic carbocycles. The molecule has 1 atom stereocenters. The van der Waals surface area contributed by atoms with Gasteiger partial charge in [0.25, 0.3) is 0 Å². The van der Waals surface area contributed by atoms with E-state index in [1.54, 1.807) is 6.20 Å². The topological polar surface area (TPSA) is 64.8 Å². The van der Waals surface area contributed by atoms with Crippen molar-refractivity contribution in [2.75, 3.05) is 25.5 Å². The third-order valence-corrected chi connectivity index (χ3v) is 3.08. The molecule has 0 radical (unpaired) electrons. The lowest BCUT2D eigenvalue weighted by Crippen LogP contribution is -2.39. The second-order valence-electron chi connectivity index (χ2n) is 4.25. The van der Waals surface area contributed by atoms with E-state index in [4.69, 9.17) is 16.9 Å². The van der Waals surface area contributed by atoms with Gasteiger partial charge in [-0.15, -0.1) is 0 Å². The van der Waals surface area contributed by atoms with Gasteiger partial charge in [0.05, 0.1) is 6.20 Å². The van der Waals surface area contributed by atoms with Crippen molar-refractivity contribution in [3.63, 3.8) is 0 Å². The molecular weight excluding hydrogens is 238 g/mol. The maximum Gasteiger partial charge on any atom is 0.178 e. The molecule has 1 aromatic heterocycles. The second-order valence-corrected chi connectivity index (χ2v) is 4.61. The highest BCUT2D eigenvalue weighted by Crippen LogP contribution is 2.16. The fraction of sp³-hybridized carbons (Fsp3) is 0.545. The predicted molar refractivity (Wildman–Crippen MR) is 65.9 cm³/mol. The van der Waals surface area contributed by atoms with Gasteiger partial charge in [-0.25, -0.2) is 9.97 Å². The summed E-state index contributed by atoms with van der Waals surface area (Å²) in [6.07, 6.45) is 3.84. The van der Waals surface area contributed by atoms with Gasteiger partial charge in [0.2, 0.25) is 0 Å². The molecule has 1 aliphatic heterocycles. The number of hydrogen-bond acceptors (Lipinski definition) is 5. The number of hydrogen-bond donors (Lipinski definition) is 1. The number of nitrogens with zero attached hydrogens (tertiary/aromatic N) is 4. The third-order valence-electron chi connectivity index (χ3n) is 2.81. The SMILES string of the molecule is CN1CCC[C@@H](Nc2cnc(C#N)c(Cl)n2)C1. The van der Waals surface area contributed by atoms with E-state index in [9.17, 15) is 0 Å². The fourth-order valence-corrected chi connectivity index (χ4v) is 2.19. The molecule has 5 nitrogen and oxygen atoms in total. The van der Waals surface area contributed by atoms with E-state index in [1.807, 2.05) is 6.07 Å². The number of nitrogens with one attached hydrogen (secondary N) is 1. The van der Waals surface area contributed by atoms with Gasteiger partial charge >= 0.3 is 0 Å². The number of anilines is 1. The number of nitriles is 1. The highest BCUT2D eigenvalue weighted by molar-refractivity contribution is 6.30. The maximum atomic E-state index is 8.70. The minimum absolute atomic E-state index is 0.154. The molecule has 0 spiro atoms. The van der Waals surface area contributed by atoms with Gasteiger partial charge in [0.1, 0.15) is 11.9 Å². The van der Waals surface area contributed by atoms with E-state index in [2.05, 4.69) is 27.2 Å². The van der Waals surface area contributed by atoms with Crippen LogP contribution in [0.5, 0.6) is 0 Å². The summed E-state index contributed by atoms with van der Waals surface area (Å²) < 4.78 is 0. The number of rotatable bonds is 2. The van der Waals surface area contributed by atoms with Gasteiger partial charge in [-0.3, -0.25) is 0 Å². The minimum atomic E-state index is 0.154. The van der Waals surface area contributed by atoms with Gasteiger partial charge in [-0.05, 0) is 26.4 Å². The number of piperidine rings is 1. The van der Waals surface area contributed by atoms with Crippen molar-refractivity contribution >= 4 is 17.4 Å². The Labute approximate surface area is 105 Å². The van der Waals surface area contributed by atoms with E-state index in [0.717, 1.165) is 19.5 Å². The summed E-state index contributed by atoms with van der Waals surface area (Å²) in [6, 6.07) is 2.26. The molecule has 1 aliphatic rings. The van der Waals surface area contributed by atoms with Gasteiger partial charge in [-0.1, -0.05) is 11.6 Å². The Kier molecular flexibility index (Phi) is 3.77. The summed E-state index contributed by atoms with van der Waals surface area (Å²) >= 11 is 5.83. The fourth-order valence-electron chi connectivity index (χ4n) is 2.00. The van der Waals surface area contributed by atoms with Gasteiger partial charge in [0.15, 0.2) is 10.8 Å². The first-order chi connectivity index (χ1) is 8.19. The van der Waals surface area contributed by atoms with Crippen LogP contribution in [0.25, 0.3) is 0 Å². The summed E-state index contributed by atoms with van der Waals surface area (Å²) in [5.41, 5.74) is 0.165. The lowest BCUT2D eigenvalue weighted by atomic mass is 10.1. The van der Waals surface area contributed by atoms with Crippen molar-refractivity contribution in [3.05, 3.63) is 17.0 Å². The van der Waals surface area contributed by atoms with Crippen LogP contribution in [0.3, 0.4) is 0 Å². The Bertz CT molecular complexity index is 442. The molecule has 17 heavy (non-hydrogen) atoms. The monoisotopic (exact) mass is 251 g/mol. The van der Waals surface area contributed by atoms with E-state index in [-0.39, 0.29) is 10.8 Å². The number of aromatic nitrogens is 2. The van der Waals surface area contributed by atoms with Crippen LogP contribution in [0, 0.1) is 11.3 Å². The van der Waals surface area contributed by atoms with Crippen LogP contribution < -0.4 is 5.32 Å². The predicted octanol–water partition coefficient (Wildman–Crippen LogP) is 1.51. The van der Waals surface area contributed by atoms with Crippen molar-refractivity contribution in [3.8, 4) is 6.07 Å². The van der Waals surface area contributed by atoms with Crippen molar-refractivity contribution in [1.82, 2.24) is 14.9 Å². The average molecular weight is 252 g/mol. The molecule has 6 heteroatoms. The van der Waals surface area contributed by atoms with Gasteiger partial charge < -0.3 is 10.2 Å². The standard InChI is InChI=1S/C11H14ClN5/c1-17-4-2-3-8(7-17)15-10-6-14-9(5-13)11(12)16-10/h6,8H,2-4,7H2,1H3,(H,15,16)/t8-/m1/s1. The summed E-state index contributed by atoms with van der Waals surface area (Å²) in [6.45, 7) is 2.12. The number of likely N-dealkylation sites (N-methyl/N-ethyl adjacent to an activating group) is 1. The molecule has 1 fully saturated rings. The largest absolute Gasteiger partial charge is 0.365 e. The first kappa shape index (κ1) is 12.1. The molecule has 0 amide bonds. The van der Waals surface area contributed by atoms with Crippen molar-refractivity contribution < 1.29 is 0 Å². The lowest BCUT2D eigenvalue weighted by molar-refractivity contribution is 0.260. The quantitative estimate of drug-likeness (QED) is 0.863. The molecule has 0 bridgehead atoms.